The van der Waals surface area contributed by atoms with Gasteiger partial charge in [-0.1, -0.05) is 72.3 Å². The molecule has 5 heteroatoms. The Kier molecular flexibility index (Phi) is 5.33. The van der Waals surface area contributed by atoms with Crippen LogP contribution in [0, 0.1) is 0 Å². The maximum atomic E-state index is 12.4. The zero-order valence-electron chi connectivity index (χ0n) is 15.1. The lowest BCUT2D eigenvalue weighted by Gasteiger charge is -2.19. The van der Waals surface area contributed by atoms with Crippen LogP contribution in [0.4, 0.5) is 4.79 Å². The van der Waals surface area contributed by atoms with Crippen LogP contribution in [0.3, 0.4) is 0 Å². The van der Waals surface area contributed by atoms with E-state index in [0.29, 0.717) is 5.02 Å². The van der Waals surface area contributed by atoms with Crippen LogP contribution in [0.2, 0.25) is 5.02 Å². The smallest absolute Gasteiger partial charge is 0.407 e. The molecule has 28 heavy (non-hydrogen) atoms. The normalized spacial score (nSPS) is 13.5. The van der Waals surface area contributed by atoms with Gasteiger partial charge in [0.25, 0.3) is 0 Å². The van der Waals surface area contributed by atoms with Crippen LogP contribution in [0.1, 0.15) is 28.7 Å². The Morgan fingerprint density at radius 1 is 1.00 bits per heavy atom. The molecule has 0 bridgehead atoms. The fourth-order valence-electron chi connectivity index (χ4n) is 3.74. The minimum atomic E-state index is -0.575. The molecule has 0 saturated carbocycles. The summed E-state index contributed by atoms with van der Waals surface area (Å²) < 4.78 is 5.53. The molecular weight excluding hydrogens is 374 g/mol. The van der Waals surface area contributed by atoms with Gasteiger partial charge in [0.05, 0.1) is 12.6 Å². The summed E-state index contributed by atoms with van der Waals surface area (Å²) in [5.74, 6) is -0.00287. The number of amides is 1. The highest BCUT2D eigenvalue weighted by atomic mass is 35.5. The van der Waals surface area contributed by atoms with E-state index in [4.69, 9.17) is 16.3 Å². The van der Waals surface area contributed by atoms with Crippen LogP contribution < -0.4 is 5.32 Å². The molecule has 1 aliphatic carbocycles. The number of fused-ring (bicyclic) bond motifs is 3. The van der Waals surface area contributed by atoms with Gasteiger partial charge in [0.15, 0.2) is 0 Å². The van der Waals surface area contributed by atoms with Crippen molar-refractivity contribution in [3.05, 3.63) is 94.5 Å². The predicted octanol–water partition coefficient (Wildman–Crippen LogP) is 4.91. The van der Waals surface area contributed by atoms with Crippen LogP contribution in [0.5, 0.6) is 0 Å². The Labute approximate surface area is 168 Å². The molecule has 0 aliphatic heterocycles. The van der Waals surface area contributed by atoms with Crippen molar-refractivity contribution in [3.63, 3.8) is 0 Å². The maximum Gasteiger partial charge on any atom is 0.407 e. The molecule has 3 aromatic rings. The number of rotatable bonds is 5. The second-order valence-electron chi connectivity index (χ2n) is 6.76. The first-order valence-electron chi connectivity index (χ1n) is 9.15. The number of carbonyl (C=O) groups excluding carboxylic acids is 1. The lowest BCUT2D eigenvalue weighted by atomic mass is 9.98. The minimum absolute atomic E-state index is 0.00287. The quantitative estimate of drug-likeness (QED) is 0.647. The number of alkyl carbamates (subject to hydrolysis) is 1. The van der Waals surface area contributed by atoms with Gasteiger partial charge < -0.3 is 15.2 Å². The van der Waals surface area contributed by atoms with Crippen molar-refractivity contribution in [2.45, 2.75) is 12.0 Å². The number of carbonyl (C=O) groups is 1. The maximum absolute atomic E-state index is 12.4. The Morgan fingerprint density at radius 2 is 1.64 bits per heavy atom. The number of aliphatic hydroxyl groups excluding tert-OH is 1. The summed E-state index contributed by atoms with van der Waals surface area (Å²) in [6.45, 7) is -0.0158. The SMILES string of the molecule is O=C(N[C@H](CO)c1cccc(Cl)c1)OCC1c2ccccc2-c2ccccc21. The Bertz CT molecular complexity index is 959. The fourth-order valence-corrected chi connectivity index (χ4v) is 3.94. The van der Waals surface area contributed by atoms with Gasteiger partial charge in [-0.05, 0) is 39.9 Å². The van der Waals surface area contributed by atoms with Crippen molar-refractivity contribution in [2.75, 3.05) is 13.2 Å². The molecule has 0 radical (unpaired) electrons. The van der Waals surface area contributed by atoms with E-state index in [-0.39, 0.29) is 19.1 Å². The van der Waals surface area contributed by atoms with Crippen molar-refractivity contribution in [1.29, 1.82) is 0 Å². The summed E-state index contributed by atoms with van der Waals surface area (Å²) in [6.07, 6.45) is -0.569. The summed E-state index contributed by atoms with van der Waals surface area (Å²) in [7, 11) is 0. The summed E-state index contributed by atoms with van der Waals surface area (Å²) in [4.78, 5) is 12.4. The molecule has 2 N–H and O–H groups in total. The van der Waals surface area contributed by atoms with Crippen LogP contribution in [-0.2, 0) is 4.74 Å². The zero-order valence-corrected chi connectivity index (χ0v) is 15.9. The monoisotopic (exact) mass is 393 g/mol. The van der Waals surface area contributed by atoms with Crippen LogP contribution in [0.25, 0.3) is 11.1 Å². The first-order valence-corrected chi connectivity index (χ1v) is 9.53. The number of hydrogen-bond acceptors (Lipinski definition) is 3. The molecule has 0 fully saturated rings. The van der Waals surface area contributed by atoms with Gasteiger partial charge in [0.2, 0.25) is 0 Å². The molecule has 0 aromatic heterocycles. The first kappa shape index (κ1) is 18.5. The van der Waals surface area contributed by atoms with Crippen molar-refractivity contribution < 1.29 is 14.6 Å². The lowest BCUT2D eigenvalue weighted by molar-refractivity contribution is 0.132. The molecule has 1 atom stereocenters. The van der Waals surface area contributed by atoms with Gasteiger partial charge in [0, 0.05) is 10.9 Å². The zero-order chi connectivity index (χ0) is 19.5. The molecule has 4 nitrogen and oxygen atoms in total. The highest BCUT2D eigenvalue weighted by molar-refractivity contribution is 6.30. The van der Waals surface area contributed by atoms with E-state index in [1.807, 2.05) is 24.3 Å². The standard InChI is InChI=1S/C23H20ClNO3/c24-16-7-5-6-15(12-16)22(13-26)25-23(27)28-14-21-19-10-3-1-8-17(19)18-9-2-4-11-20(18)21/h1-12,21-22,26H,13-14H2,(H,25,27)/t22-/m1/s1. The second kappa shape index (κ2) is 8.05. The molecule has 0 heterocycles. The number of aliphatic hydroxyl groups is 1. The third-order valence-electron chi connectivity index (χ3n) is 5.07. The van der Waals surface area contributed by atoms with E-state index < -0.39 is 12.1 Å². The van der Waals surface area contributed by atoms with E-state index in [0.717, 1.165) is 16.7 Å². The van der Waals surface area contributed by atoms with Crippen LogP contribution >= 0.6 is 11.6 Å². The summed E-state index contributed by atoms with van der Waals surface area (Å²) in [5.41, 5.74) is 5.40. The summed E-state index contributed by atoms with van der Waals surface area (Å²) in [6, 6.07) is 22.8. The highest BCUT2D eigenvalue weighted by Crippen LogP contribution is 2.44. The molecule has 0 unspecified atom stereocenters. The topological polar surface area (TPSA) is 58.6 Å². The molecule has 1 aliphatic rings. The van der Waals surface area contributed by atoms with E-state index in [9.17, 15) is 9.90 Å². The summed E-state index contributed by atoms with van der Waals surface area (Å²) in [5, 5.41) is 12.9. The fraction of sp³-hybridized carbons (Fsp3) is 0.174. The third-order valence-corrected chi connectivity index (χ3v) is 5.30. The lowest BCUT2D eigenvalue weighted by Crippen LogP contribution is -2.32. The van der Waals surface area contributed by atoms with Gasteiger partial charge in [0.1, 0.15) is 6.61 Å². The number of benzene rings is 3. The van der Waals surface area contributed by atoms with Gasteiger partial charge in [-0.2, -0.15) is 0 Å². The van der Waals surface area contributed by atoms with Gasteiger partial charge in [-0.25, -0.2) is 4.79 Å². The number of nitrogens with one attached hydrogen (secondary N) is 1. The van der Waals surface area contributed by atoms with E-state index >= 15 is 0 Å². The van der Waals surface area contributed by atoms with Crippen molar-refractivity contribution in [3.8, 4) is 11.1 Å². The molecule has 3 aromatic carbocycles. The van der Waals surface area contributed by atoms with Gasteiger partial charge in [-0.3, -0.25) is 0 Å². The Hall–Kier alpha value is -2.82. The second-order valence-corrected chi connectivity index (χ2v) is 7.20. The van der Waals surface area contributed by atoms with Crippen molar-refractivity contribution in [1.82, 2.24) is 5.32 Å². The summed E-state index contributed by atoms with van der Waals surface area (Å²) >= 11 is 6.00. The van der Waals surface area contributed by atoms with Gasteiger partial charge in [-0.15, -0.1) is 0 Å². The Morgan fingerprint density at radius 3 is 2.25 bits per heavy atom. The molecule has 0 saturated heterocycles. The molecule has 142 valence electrons. The molecular formula is C23H20ClNO3. The van der Waals surface area contributed by atoms with Crippen LogP contribution in [0.15, 0.2) is 72.8 Å². The molecule has 4 rings (SSSR count). The highest BCUT2D eigenvalue weighted by Gasteiger charge is 2.29. The van der Waals surface area contributed by atoms with Gasteiger partial charge >= 0.3 is 6.09 Å². The minimum Gasteiger partial charge on any atom is -0.449 e. The molecule has 0 spiro atoms. The van der Waals surface area contributed by atoms with Crippen LogP contribution in [-0.4, -0.2) is 24.4 Å². The van der Waals surface area contributed by atoms with E-state index in [2.05, 4.69) is 29.6 Å². The number of halogens is 1. The van der Waals surface area contributed by atoms with Crippen molar-refractivity contribution in [2.24, 2.45) is 0 Å². The largest absolute Gasteiger partial charge is 0.449 e. The van der Waals surface area contributed by atoms with E-state index in [1.54, 1.807) is 24.3 Å². The number of ether oxygens (including phenoxy) is 1. The van der Waals surface area contributed by atoms with Crippen molar-refractivity contribution >= 4 is 17.7 Å². The Balaban J connectivity index is 1.46. The average Bonchev–Trinajstić information content (AvgIpc) is 3.04. The average molecular weight is 394 g/mol. The predicted molar refractivity (Wildman–Crippen MR) is 109 cm³/mol. The molecule has 1 amide bonds. The third kappa shape index (κ3) is 3.61. The van der Waals surface area contributed by atoms with E-state index in [1.165, 1.54) is 11.1 Å². The first-order chi connectivity index (χ1) is 13.7. The number of hydrogen-bond donors (Lipinski definition) is 2.